The highest BCUT2D eigenvalue weighted by atomic mass is 79.9. The molecule has 0 aromatic carbocycles. The standard InChI is InChI=1S/C8H7BrN4S/c9-7-4-14-8(13-7)11-3-6-1-2-10-5-12-6/h1-2,4-5H,3H2,(H,11,13). The molecule has 2 rings (SSSR count). The fraction of sp³-hybridized carbons (Fsp3) is 0.125. The number of hydrogen-bond donors (Lipinski definition) is 1. The lowest BCUT2D eigenvalue weighted by Gasteiger charge is -2.00. The van der Waals surface area contributed by atoms with Crippen molar-refractivity contribution in [1.82, 2.24) is 15.0 Å². The number of anilines is 1. The van der Waals surface area contributed by atoms with Crippen LogP contribution in [0.5, 0.6) is 0 Å². The maximum Gasteiger partial charge on any atom is 0.184 e. The number of nitrogens with one attached hydrogen (secondary N) is 1. The van der Waals surface area contributed by atoms with Gasteiger partial charge in [0.2, 0.25) is 0 Å². The fourth-order valence-corrected chi connectivity index (χ4v) is 2.07. The van der Waals surface area contributed by atoms with Crippen LogP contribution in [-0.4, -0.2) is 15.0 Å². The van der Waals surface area contributed by atoms with Gasteiger partial charge in [-0.3, -0.25) is 0 Å². The van der Waals surface area contributed by atoms with E-state index in [1.54, 1.807) is 17.5 Å². The predicted molar refractivity (Wildman–Crippen MR) is 59.2 cm³/mol. The van der Waals surface area contributed by atoms with Crippen LogP contribution in [0.2, 0.25) is 0 Å². The van der Waals surface area contributed by atoms with Crippen LogP contribution < -0.4 is 5.32 Å². The van der Waals surface area contributed by atoms with E-state index in [0.29, 0.717) is 6.54 Å². The minimum Gasteiger partial charge on any atom is -0.356 e. The van der Waals surface area contributed by atoms with E-state index in [1.165, 1.54) is 6.33 Å². The first-order valence-corrected chi connectivity index (χ1v) is 5.61. The normalized spacial score (nSPS) is 10.1. The zero-order valence-electron chi connectivity index (χ0n) is 7.14. The summed E-state index contributed by atoms with van der Waals surface area (Å²) in [7, 11) is 0. The van der Waals surface area contributed by atoms with Crippen molar-refractivity contribution in [2.24, 2.45) is 0 Å². The van der Waals surface area contributed by atoms with E-state index in [4.69, 9.17) is 0 Å². The molecular formula is C8H7BrN4S. The largest absolute Gasteiger partial charge is 0.356 e. The van der Waals surface area contributed by atoms with Crippen LogP contribution >= 0.6 is 27.3 Å². The molecule has 0 radical (unpaired) electrons. The lowest BCUT2D eigenvalue weighted by molar-refractivity contribution is 1.00. The van der Waals surface area contributed by atoms with E-state index >= 15 is 0 Å². The second-order valence-corrected chi connectivity index (χ2v) is 4.20. The summed E-state index contributed by atoms with van der Waals surface area (Å²) >= 11 is 4.85. The Kier molecular flexibility index (Phi) is 3.05. The van der Waals surface area contributed by atoms with Gasteiger partial charge in [0.15, 0.2) is 5.13 Å². The lowest BCUT2D eigenvalue weighted by Crippen LogP contribution is -2.00. The smallest absolute Gasteiger partial charge is 0.184 e. The third-order valence-corrected chi connectivity index (χ3v) is 3.05. The van der Waals surface area contributed by atoms with Crippen LogP contribution in [0.3, 0.4) is 0 Å². The molecule has 0 aliphatic rings. The molecule has 0 bridgehead atoms. The molecule has 0 spiro atoms. The van der Waals surface area contributed by atoms with Crippen molar-refractivity contribution in [3.63, 3.8) is 0 Å². The molecule has 0 amide bonds. The zero-order chi connectivity index (χ0) is 9.80. The third-order valence-electron chi connectivity index (χ3n) is 1.54. The van der Waals surface area contributed by atoms with Gasteiger partial charge in [0, 0.05) is 11.6 Å². The van der Waals surface area contributed by atoms with E-state index in [0.717, 1.165) is 15.4 Å². The Hall–Kier alpha value is -1.01. The average Bonchev–Trinajstić information content (AvgIpc) is 2.63. The van der Waals surface area contributed by atoms with Crippen molar-refractivity contribution in [3.05, 3.63) is 34.3 Å². The summed E-state index contributed by atoms with van der Waals surface area (Å²) < 4.78 is 0.854. The van der Waals surface area contributed by atoms with Gasteiger partial charge in [0.05, 0.1) is 12.2 Å². The fourth-order valence-electron chi connectivity index (χ4n) is 0.924. The molecule has 0 atom stereocenters. The second-order valence-electron chi connectivity index (χ2n) is 2.53. The Balaban J connectivity index is 1.95. The number of thiazole rings is 1. The number of hydrogen-bond acceptors (Lipinski definition) is 5. The maximum atomic E-state index is 4.21. The van der Waals surface area contributed by atoms with Gasteiger partial charge in [-0.15, -0.1) is 11.3 Å². The monoisotopic (exact) mass is 270 g/mol. The van der Waals surface area contributed by atoms with Crippen molar-refractivity contribution in [3.8, 4) is 0 Å². The van der Waals surface area contributed by atoms with E-state index in [9.17, 15) is 0 Å². The van der Waals surface area contributed by atoms with Crippen LogP contribution in [0, 0.1) is 0 Å². The van der Waals surface area contributed by atoms with E-state index in [-0.39, 0.29) is 0 Å². The summed E-state index contributed by atoms with van der Waals surface area (Å²) in [6, 6.07) is 1.87. The molecule has 2 heterocycles. The van der Waals surface area contributed by atoms with Crippen LogP contribution in [-0.2, 0) is 6.54 Å². The van der Waals surface area contributed by atoms with Gasteiger partial charge in [-0.25, -0.2) is 15.0 Å². The molecule has 2 aromatic heterocycles. The molecule has 2 aromatic rings. The van der Waals surface area contributed by atoms with Crippen LogP contribution in [0.15, 0.2) is 28.6 Å². The Labute approximate surface area is 93.6 Å². The summed E-state index contributed by atoms with van der Waals surface area (Å²) in [4.78, 5) is 12.1. The first kappa shape index (κ1) is 9.54. The Morgan fingerprint density at radius 2 is 2.43 bits per heavy atom. The van der Waals surface area contributed by atoms with Crippen molar-refractivity contribution >= 4 is 32.4 Å². The van der Waals surface area contributed by atoms with Crippen LogP contribution in [0.1, 0.15) is 5.69 Å². The number of rotatable bonds is 3. The maximum absolute atomic E-state index is 4.21. The van der Waals surface area contributed by atoms with Gasteiger partial charge in [-0.1, -0.05) is 0 Å². The highest BCUT2D eigenvalue weighted by Gasteiger charge is 1.98. The van der Waals surface area contributed by atoms with E-state index < -0.39 is 0 Å². The Morgan fingerprint density at radius 1 is 1.50 bits per heavy atom. The summed E-state index contributed by atoms with van der Waals surface area (Å²) in [5.74, 6) is 0. The van der Waals surface area contributed by atoms with Gasteiger partial charge in [0.25, 0.3) is 0 Å². The minimum absolute atomic E-state index is 0.669. The molecule has 1 N–H and O–H groups in total. The highest BCUT2D eigenvalue weighted by Crippen LogP contribution is 2.19. The molecular weight excluding hydrogens is 264 g/mol. The average molecular weight is 271 g/mol. The van der Waals surface area contributed by atoms with Gasteiger partial charge < -0.3 is 5.32 Å². The zero-order valence-corrected chi connectivity index (χ0v) is 9.55. The summed E-state index contributed by atoms with van der Waals surface area (Å²) in [5, 5.41) is 5.99. The molecule has 72 valence electrons. The highest BCUT2D eigenvalue weighted by molar-refractivity contribution is 9.10. The molecule has 14 heavy (non-hydrogen) atoms. The predicted octanol–water partition coefficient (Wildman–Crippen LogP) is 2.31. The van der Waals surface area contributed by atoms with Crippen LogP contribution in [0.4, 0.5) is 5.13 Å². The molecule has 0 unspecified atom stereocenters. The first-order chi connectivity index (χ1) is 6.84. The van der Waals surface area contributed by atoms with Crippen LogP contribution in [0.25, 0.3) is 0 Å². The second kappa shape index (κ2) is 4.47. The number of nitrogens with zero attached hydrogens (tertiary/aromatic N) is 3. The van der Waals surface area contributed by atoms with Crippen molar-refractivity contribution in [2.75, 3.05) is 5.32 Å². The minimum atomic E-state index is 0.669. The quantitative estimate of drug-likeness (QED) is 0.930. The first-order valence-electron chi connectivity index (χ1n) is 3.94. The van der Waals surface area contributed by atoms with E-state index in [1.807, 2.05) is 11.4 Å². The Morgan fingerprint density at radius 3 is 3.07 bits per heavy atom. The molecule has 0 aliphatic carbocycles. The van der Waals surface area contributed by atoms with Crippen molar-refractivity contribution < 1.29 is 0 Å². The molecule has 6 heteroatoms. The third kappa shape index (κ3) is 2.49. The summed E-state index contributed by atoms with van der Waals surface area (Å²) in [6.07, 6.45) is 3.26. The topological polar surface area (TPSA) is 50.7 Å². The van der Waals surface area contributed by atoms with E-state index in [2.05, 4.69) is 36.2 Å². The van der Waals surface area contributed by atoms with Crippen molar-refractivity contribution in [2.45, 2.75) is 6.54 Å². The number of aromatic nitrogens is 3. The molecule has 0 saturated carbocycles. The molecule has 0 saturated heterocycles. The van der Waals surface area contributed by atoms with Crippen molar-refractivity contribution in [1.29, 1.82) is 0 Å². The van der Waals surface area contributed by atoms with Gasteiger partial charge in [0.1, 0.15) is 10.9 Å². The molecule has 4 nitrogen and oxygen atoms in total. The van der Waals surface area contributed by atoms with Gasteiger partial charge in [-0.05, 0) is 22.0 Å². The molecule has 0 fully saturated rings. The summed E-state index contributed by atoms with van der Waals surface area (Å²) in [6.45, 7) is 0.669. The molecule has 0 aliphatic heterocycles. The van der Waals surface area contributed by atoms with Gasteiger partial charge >= 0.3 is 0 Å². The summed E-state index contributed by atoms with van der Waals surface area (Å²) in [5.41, 5.74) is 0.950. The lowest BCUT2D eigenvalue weighted by atomic mass is 10.4. The Bertz CT molecular complexity index is 403. The van der Waals surface area contributed by atoms with Gasteiger partial charge in [-0.2, -0.15) is 0 Å². The number of halogens is 1. The SMILES string of the molecule is Brc1csc(NCc2ccncn2)n1.